The second-order valence-corrected chi connectivity index (χ2v) is 19.0. The maximum Gasteiger partial charge on any atom is 0.167 e. The number of hydrogen-bond donors (Lipinski definition) is 0. The highest BCUT2D eigenvalue weighted by atomic mass is 32.1. The van der Waals surface area contributed by atoms with Gasteiger partial charge < -0.3 is 13.4 Å². The predicted molar refractivity (Wildman–Crippen MR) is 271 cm³/mol. The Hall–Kier alpha value is -7.87. The summed E-state index contributed by atoms with van der Waals surface area (Å²) < 4.78 is 18.6. The molecule has 8 aromatic carbocycles. The van der Waals surface area contributed by atoms with Crippen molar-refractivity contribution in [1.82, 2.24) is 19.5 Å². The molecule has 0 saturated heterocycles. The number of furan rings is 2. The number of benzene rings is 8. The Kier molecular flexibility index (Phi) is 7.63. The molecule has 0 saturated carbocycles. The molecule has 15 rings (SSSR count). The molecule has 5 aromatic heterocycles. The molecule has 0 fully saturated rings. The van der Waals surface area contributed by atoms with Crippen molar-refractivity contribution in [3.05, 3.63) is 192 Å². The lowest BCUT2D eigenvalue weighted by molar-refractivity contribution is 0.575. The van der Waals surface area contributed by atoms with E-state index in [1.165, 1.54) is 72.0 Å². The summed E-state index contributed by atoms with van der Waals surface area (Å²) in [6, 6.07) is 56.4. The number of hydrogen-bond acceptors (Lipinski definition) is 6. The van der Waals surface area contributed by atoms with Crippen LogP contribution in [0, 0.1) is 0 Å². The number of thiophene rings is 1. The summed E-state index contributed by atoms with van der Waals surface area (Å²) in [6.07, 6.45) is 7.71. The largest absolute Gasteiger partial charge is 0.455 e. The second-order valence-electron chi connectivity index (χ2n) is 18.0. The lowest BCUT2D eigenvalue weighted by atomic mass is 9.86. The SMILES string of the molecule is C1=C(n2c3cc4ccccc4cc3c3c4c(ccc32)CCCC4)c2oc3ccccc3c2C(c2nc(-c3cccc4c3oc3ccccc34)nc(-c3cccc4c3sc3ccccc34)n2)C1. The van der Waals surface area contributed by atoms with Gasteiger partial charge in [0.15, 0.2) is 17.4 Å². The summed E-state index contributed by atoms with van der Waals surface area (Å²) in [5.41, 5.74) is 11.8. The molecule has 13 aromatic rings. The smallest absolute Gasteiger partial charge is 0.167 e. The molecule has 5 heterocycles. The van der Waals surface area contributed by atoms with Crippen LogP contribution in [0.25, 0.3) is 114 Å². The standard InChI is InChI=1S/C59H38N4O2S/c1-2-15-35-32-48-45(31-34(35)14-1)52-36-16-4-3-13-33(36)27-29-46(52)63(48)47-30-28-42(53-41-19-6-9-25-50(41)65-55(47)53)57-60-58(43-22-11-20-39-37-17-5-8-24-49(37)64-54(39)43)62-59(61-57)44-23-12-21-40-38-18-7-10-26-51(38)66-56(40)44/h1-2,5-12,14-15,17-27,29-32,42H,3-4,13,16,28H2. The molecule has 0 N–H and O–H groups in total. The molecule has 1 unspecified atom stereocenters. The molecule has 0 amide bonds. The average molecular weight is 867 g/mol. The fraction of sp³-hybridized carbons (Fsp3) is 0.102. The molecule has 1 atom stereocenters. The third-order valence-corrected chi connectivity index (χ3v) is 15.6. The van der Waals surface area contributed by atoms with Crippen LogP contribution in [0.3, 0.4) is 0 Å². The van der Waals surface area contributed by atoms with Gasteiger partial charge in [0.2, 0.25) is 0 Å². The van der Waals surface area contributed by atoms with Crippen LogP contribution in [0.15, 0.2) is 173 Å². The lowest BCUT2D eigenvalue weighted by Crippen LogP contribution is -2.15. The normalized spacial score (nSPS) is 15.2. The van der Waals surface area contributed by atoms with Crippen molar-refractivity contribution in [1.29, 1.82) is 0 Å². The van der Waals surface area contributed by atoms with Crippen LogP contribution in [-0.4, -0.2) is 19.5 Å². The topological polar surface area (TPSA) is 69.9 Å². The summed E-state index contributed by atoms with van der Waals surface area (Å²) in [6.45, 7) is 0. The van der Waals surface area contributed by atoms with Crippen LogP contribution >= 0.6 is 11.3 Å². The van der Waals surface area contributed by atoms with Gasteiger partial charge >= 0.3 is 0 Å². The van der Waals surface area contributed by atoms with Crippen LogP contribution in [0.4, 0.5) is 0 Å². The molecule has 312 valence electrons. The highest BCUT2D eigenvalue weighted by molar-refractivity contribution is 7.26. The molecule has 6 nitrogen and oxygen atoms in total. The first-order valence-corrected chi connectivity index (χ1v) is 23.8. The van der Waals surface area contributed by atoms with Crippen LogP contribution in [-0.2, 0) is 12.8 Å². The summed E-state index contributed by atoms with van der Waals surface area (Å²) in [7, 11) is 0. The molecule has 2 aliphatic rings. The molecule has 0 aliphatic heterocycles. The monoisotopic (exact) mass is 866 g/mol. The first-order valence-electron chi connectivity index (χ1n) is 23.0. The molecular weight excluding hydrogens is 829 g/mol. The minimum absolute atomic E-state index is 0.230. The number of rotatable bonds is 4. The van der Waals surface area contributed by atoms with Crippen LogP contribution < -0.4 is 0 Å². The van der Waals surface area contributed by atoms with Crippen molar-refractivity contribution in [2.24, 2.45) is 0 Å². The summed E-state index contributed by atoms with van der Waals surface area (Å²) in [5, 5.41) is 10.8. The van der Waals surface area contributed by atoms with E-state index in [4.69, 9.17) is 23.8 Å². The maximum absolute atomic E-state index is 7.12. The summed E-state index contributed by atoms with van der Waals surface area (Å²) >= 11 is 1.79. The minimum atomic E-state index is -0.230. The third kappa shape index (κ3) is 5.20. The molecule has 7 heteroatoms. The number of para-hydroxylation sites is 3. The van der Waals surface area contributed by atoms with Gasteiger partial charge in [-0.3, -0.25) is 0 Å². The Labute approximate surface area is 382 Å². The summed E-state index contributed by atoms with van der Waals surface area (Å²) in [5.74, 6) is 2.55. The highest BCUT2D eigenvalue weighted by Crippen LogP contribution is 2.49. The first kappa shape index (κ1) is 36.5. The molecule has 0 radical (unpaired) electrons. The van der Waals surface area contributed by atoms with E-state index in [-0.39, 0.29) is 5.92 Å². The van der Waals surface area contributed by atoms with Gasteiger partial charge in [-0.25, -0.2) is 15.0 Å². The second kappa shape index (κ2) is 13.8. The zero-order valence-corrected chi connectivity index (χ0v) is 36.5. The lowest BCUT2D eigenvalue weighted by Gasteiger charge is -2.24. The van der Waals surface area contributed by atoms with Crippen LogP contribution in [0.1, 0.15) is 53.5 Å². The van der Waals surface area contributed by atoms with Crippen molar-refractivity contribution in [2.45, 2.75) is 38.0 Å². The van der Waals surface area contributed by atoms with Gasteiger partial charge in [0, 0.05) is 58.2 Å². The van der Waals surface area contributed by atoms with Crippen LogP contribution in [0.2, 0.25) is 0 Å². The molecular formula is C59H38N4O2S. The van der Waals surface area contributed by atoms with E-state index in [0.717, 1.165) is 78.6 Å². The number of allylic oxidation sites excluding steroid dienone is 1. The fourth-order valence-corrected chi connectivity index (χ4v) is 12.6. The van der Waals surface area contributed by atoms with E-state index in [1.54, 1.807) is 11.3 Å². The number of aromatic nitrogens is 4. The van der Waals surface area contributed by atoms with Gasteiger partial charge in [0.1, 0.15) is 22.6 Å². The number of aryl methyl sites for hydroxylation is 2. The minimum Gasteiger partial charge on any atom is -0.455 e. The zero-order valence-electron chi connectivity index (χ0n) is 35.7. The van der Waals surface area contributed by atoms with Crippen LogP contribution in [0.5, 0.6) is 0 Å². The van der Waals surface area contributed by atoms with Crippen molar-refractivity contribution in [3.8, 4) is 22.8 Å². The molecule has 0 bridgehead atoms. The molecule has 0 spiro atoms. The van der Waals surface area contributed by atoms with Gasteiger partial charge in [0.05, 0.1) is 28.2 Å². The highest BCUT2D eigenvalue weighted by Gasteiger charge is 2.35. The van der Waals surface area contributed by atoms with E-state index in [9.17, 15) is 0 Å². The van der Waals surface area contributed by atoms with Gasteiger partial charge in [0.25, 0.3) is 0 Å². The Morgan fingerprint density at radius 1 is 0.545 bits per heavy atom. The quantitative estimate of drug-likeness (QED) is 0.176. The van der Waals surface area contributed by atoms with Gasteiger partial charge in [-0.2, -0.15) is 0 Å². The number of fused-ring (bicyclic) bond motifs is 15. The van der Waals surface area contributed by atoms with Crippen molar-refractivity contribution < 1.29 is 8.83 Å². The van der Waals surface area contributed by atoms with E-state index >= 15 is 0 Å². The number of nitrogens with zero attached hydrogens (tertiary/aromatic N) is 4. The molecule has 2 aliphatic carbocycles. The third-order valence-electron chi connectivity index (χ3n) is 14.4. The van der Waals surface area contributed by atoms with Gasteiger partial charge in [-0.05, 0) is 103 Å². The van der Waals surface area contributed by atoms with E-state index in [1.807, 2.05) is 12.1 Å². The Morgan fingerprint density at radius 2 is 1.24 bits per heavy atom. The van der Waals surface area contributed by atoms with E-state index in [0.29, 0.717) is 23.9 Å². The molecule has 66 heavy (non-hydrogen) atoms. The van der Waals surface area contributed by atoms with Crippen molar-refractivity contribution in [2.75, 3.05) is 0 Å². The van der Waals surface area contributed by atoms with Gasteiger partial charge in [-0.1, -0.05) is 115 Å². The first-order chi connectivity index (χ1) is 32.7. The zero-order chi connectivity index (χ0) is 43.0. The van der Waals surface area contributed by atoms with E-state index < -0.39 is 0 Å². The van der Waals surface area contributed by atoms with Crippen molar-refractivity contribution in [3.63, 3.8) is 0 Å². The Bertz CT molecular complexity index is 4110. The van der Waals surface area contributed by atoms with Gasteiger partial charge in [-0.15, -0.1) is 11.3 Å². The average Bonchev–Trinajstić information content (AvgIpc) is 4.14. The Morgan fingerprint density at radius 3 is 2.12 bits per heavy atom. The van der Waals surface area contributed by atoms with E-state index in [2.05, 4.69) is 156 Å². The Balaban J connectivity index is 0.990. The summed E-state index contributed by atoms with van der Waals surface area (Å²) in [4.78, 5) is 16.4. The van der Waals surface area contributed by atoms with Crippen molar-refractivity contribution >= 4 is 103 Å². The maximum atomic E-state index is 7.12. The fourth-order valence-electron chi connectivity index (χ4n) is 11.4. The predicted octanol–water partition coefficient (Wildman–Crippen LogP) is 15.8.